The predicted octanol–water partition coefficient (Wildman–Crippen LogP) is 8.83. The fourth-order valence-corrected chi connectivity index (χ4v) is 3.35. The van der Waals surface area contributed by atoms with Crippen LogP contribution >= 0.6 is 0 Å². The number of rotatable bonds is 0. The van der Waals surface area contributed by atoms with Gasteiger partial charge in [0.1, 0.15) is 13.2 Å². The van der Waals surface area contributed by atoms with E-state index in [9.17, 15) is 0 Å². The van der Waals surface area contributed by atoms with Crippen LogP contribution in [0.1, 0.15) is 67.9 Å². The molecule has 4 aromatic rings. The standard InChI is InChI=1S/C11H14N2.C8H8O2.C7H6O2.2C4H10/c1-11(2,3)9-8-12-13-7-5-4-6-10(9)13;1-2-4-8-7(3-1)9-5-6-10-8;1-2-4-7-6(3-1)8-5-9-7;2*1-4(2)3/h4-8H,1-3H3;1-4H,5-6H2;1-4H,5H2;2*4H,1-3H3. The van der Waals surface area contributed by atoms with Gasteiger partial charge < -0.3 is 18.9 Å². The summed E-state index contributed by atoms with van der Waals surface area (Å²) in [6.45, 7) is 21.3. The second-order valence-electron chi connectivity index (χ2n) is 11.8. The summed E-state index contributed by atoms with van der Waals surface area (Å²) in [5.74, 6) is 5.07. The van der Waals surface area contributed by atoms with Crippen molar-refractivity contribution in [2.45, 2.75) is 67.7 Å². The van der Waals surface area contributed by atoms with Gasteiger partial charge in [0.25, 0.3) is 0 Å². The molecule has 0 N–H and O–H groups in total. The van der Waals surface area contributed by atoms with Gasteiger partial charge in [0.15, 0.2) is 23.0 Å². The lowest BCUT2D eigenvalue weighted by Crippen LogP contribution is -2.14. The molecule has 218 valence electrons. The van der Waals surface area contributed by atoms with Crippen molar-refractivity contribution in [3.8, 4) is 23.0 Å². The minimum atomic E-state index is 0.170. The molecule has 4 heterocycles. The van der Waals surface area contributed by atoms with Gasteiger partial charge in [-0.3, -0.25) is 0 Å². The first kappa shape index (κ1) is 32.5. The molecule has 40 heavy (non-hydrogen) atoms. The van der Waals surface area contributed by atoms with Crippen molar-refractivity contribution in [1.29, 1.82) is 0 Å². The molecule has 0 aliphatic carbocycles. The molecule has 0 fully saturated rings. The highest BCUT2D eigenvalue weighted by Crippen LogP contribution is 2.30. The van der Waals surface area contributed by atoms with Crippen LogP contribution in [-0.4, -0.2) is 29.6 Å². The van der Waals surface area contributed by atoms with Crippen LogP contribution in [0.3, 0.4) is 0 Å². The summed E-state index contributed by atoms with van der Waals surface area (Å²) in [4.78, 5) is 0. The van der Waals surface area contributed by atoms with Crippen LogP contribution in [0.25, 0.3) is 5.52 Å². The maximum absolute atomic E-state index is 5.30. The van der Waals surface area contributed by atoms with Crippen molar-refractivity contribution in [2.75, 3.05) is 20.0 Å². The fraction of sp³-hybridized carbons (Fsp3) is 0.441. The van der Waals surface area contributed by atoms with Crippen LogP contribution < -0.4 is 18.9 Å². The summed E-state index contributed by atoms with van der Waals surface area (Å²) in [6.07, 6.45) is 3.93. The summed E-state index contributed by atoms with van der Waals surface area (Å²) in [5, 5.41) is 4.30. The van der Waals surface area contributed by atoms with Crippen LogP contribution in [-0.2, 0) is 5.41 Å². The van der Waals surface area contributed by atoms with E-state index in [0.29, 0.717) is 20.0 Å². The Morgan fingerprint density at radius 3 is 1.45 bits per heavy atom. The van der Waals surface area contributed by atoms with E-state index in [1.165, 1.54) is 11.1 Å². The molecule has 0 amide bonds. The molecule has 2 aromatic carbocycles. The second kappa shape index (κ2) is 16.4. The predicted molar refractivity (Wildman–Crippen MR) is 165 cm³/mol. The van der Waals surface area contributed by atoms with E-state index >= 15 is 0 Å². The average Bonchev–Trinajstić information content (AvgIpc) is 3.56. The van der Waals surface area contributed by atoms with Gasteiger partial charge in [0, 0.05) is 11.8 Å². The Morgan fingerprint density at radius 2 is 1.02 bits per heavy atom. The Kier molecular flexibility index (Phi) is 13.4. The Morgan fingerprint density at radius 1 is 0.625 bits per heavy atom. The fourth-order valence-electron chi connectivity index (χ4n) is 3.35. The van der Waals surface area contributed by atoms with Gasteiger partial charge in [0.2, 0.25) is 6.79 Å². The third-order valence-electron chi connectivity index (χ3n) is 4.96. The molecule has 2 aromatic heterocycles. The second-order valence-corrected chi connectivity index (χ2v) is 11.8. The Labute approximate surface area is 241 Å². The SMILES string of the molecule is CC(C)(C)c1cnn2ccccc12.CC(C)C.CC(C)C.c1ccc2c(c1)OCCO2.c1ccc2c(c1)OCO2. The summed E-state index contributed by atoms with van der Waals surface area (Å²) in [7, 11) is 0. The summed E-state index contributed by atoms with van der Waals surface area (Å²) >= 11 is 0. The first-order valence-electron chi connectivity index (χ1n) is 14.1. The van der Waals surface area contributed by atoms with E-state index in [1.807, 2.05) is 77.6 Å². The van der Waals surface area contributed by atoms with Crippen LogP contribution in [0.4, 0.5) is 0 Å². The third-order valence-corrected chi connectivity index (χ3v) is 4.96. The van der Waals surface area contributed by atoms with Gasteiger partial charge in [-0.1, -0.05) is 92.6 Å². The normalized spacial score (nSPS) is 12.6. The highest BCUT2D eigenvalue weighted by atomic mass is 16.7. The molecule has 0 radical (unpaired) electrons. The van der Waals surface area contributed by atoms with Crippen molar-refractivity contribution in [3.05, 3.63) is 84.7 Å². The first-order valence-corrected chi connectivity index (χ1v) is 14.1. The quantitative estimate of drug-likeness (QED) is 0.220. The number of para-hydroxylation sites is 4. The van der Waals surface area contributed by atoms with E-state index in [0.717, 1.165) is 34.8 Å². The molecule has 2 aliphatic heterocycles. The smallest absolute Gasteiger partial charge is 0.231 e. The zero-order valence-electron chi connectivity index (χ0n) is 25.8. The highest BCUT2D eigenvalue weighted by molar-refractivity contribution is 5.56. The Bertz CT molecular complexity index is 1200. The number of benzene rings is 2. The largest absolute Gasteiger partial charge is 0.486 e. The number of hydrogen-bond donors (Lipinski definition) is 0. The number of ether oxygens (including phenoxy) is 4. The highest BCUT2D eigenvalue weighted by Gasteiger charge is 2.18. The van der Waals surface area contributed by atoms with E-state index in [2.05, 4.69) is 73.5 Å². The molecule has 0 bridgehead atoms. The van der Waals surface area contributed by atoms with Gasteiger partial charge in [-0.15, -0.1) is 0 Å². The molecule has 6 heteroatoms. The minimum Gasteiger partial charge on any atom is -0.486 e. The van der Waals surface area contributed by atoms with Gasteiger partial charge in [-0.2, -0.15) is 5.10 Å². The number of hydrogen-bond acceptors (Lipinski definition) is 5. The topological polar surface area (TPSA) is 54.2 Å². The van der Waals surface area contributed by atoms with Gasteiger partial charge in [0.05, 0.1) is 11.7 Å². The lowest BCUT2D eigenvalue weighted by atomic mass is 9.88. The monoisotopic (exact) mass is 548 g/mol. The zero-order chi connectivity index (χ0) is 29.5. The summed E-state index contributed by atoms with van der Waals surface area (Å²) in [6, 6.07) is 21.5. The summed E-state index contributed by atoms with van der Waals surface area (Å²) < 4.78 is 22.7. The lowest BCUT2D eigenvalue weighted by molar-refractivity contribution is 0.171. The molecule has 2 aliphatic rings. The molecule has 0 saturated heterocycles. The van der Waals surface area contributed by atoms with E-state index in [1.54, 1.807) is 0 Å². The first-order chi connectivity index (χ1) is 19.0. The van der Waals surface area contributed by atoms with Gasteiger partial charge in [-0.25, -0.2) is 4.52 Å². The van der Waals surface area contributed by atoms with Crippen LogP contribution in [0, 0.1) is 11.8 Å². The molecule has 6 nitrogen and oxygen atoms in total. The zero-order valence-corrected chi connectivity index (χ0v) is 25.8. The molecule has 6 rings (SSSR count). The summed E-state index contributed by atoms with van der Waals surface area (Å²) in [5.41, 5.74) is 2.67. The lowest BCUT2D eigenvalue weighted by Gasteiger charge is -2.17. The van der Waals surface area contributed by atoms with Gasteiger partial charge >= 0.3 is 0 Å². The molecule has 0 unspecified atom stereocenters. The maximum atomic E-state index is 5.30. The molecule has 0 saturated carbocycles. The van der Waals surface area contributed by atoms with Gasteiger partial charge in [-0.05, 0) is 53.6 Å². The third kappa shape index (κ3) is 11.6. The molecular weight excluding hydrogens is 500 g/mol. The molecular formula is C34H48N2O4. The maximum Gasteiger partial charge on any atom is 0.231 e. The number of aromatic nitrogens is 2. The number of pyridine rings is 1. The van der Waals surface area contributed by atoms with Crippen molar-refractivity contribution in [1.82, 2.24) is 9.61 Å². The molecule has 0 atom stereocenters. The number of fused-ring (bicyclic) bond motifs is 3. The van der Waals surface area contributed by atoms with Crippen LogP contribution in [0.5, 0.6) is 23.0 Å². The minimum absolute atomic E-state index is 0.170. The van der Waals surface area contributed by atoms with E-state index in [4.69, 9.17) is 18.9 Å². The average molecular weight is 549 g/mol. The molecule has 0 spiro atoms. The van der Waals surface area contributed by atoms with Crippen molar-refractivity contribution in [3.63, 3.8) is 0 Å². The number of nitrogens with zero attached hydrogens (tertiary/aromatic N) is 2. The van der Waals surface area contributed by atoms with E-state index in [-0.39, 0.29) is 5.41 Å². The Hall–Kier alpha value is -3.67. The van der Waals surface area contributed by atoms with E-state index < -0.39 is 0 Å². The van der Waals surface area contributed by atoms with Crippen molar-refractivity contribution in [2.24, 2.45) is 11.8 Å². The van der Waals surface area contributed by atoms with Crippen molar-refractivity contribution >= 4 is 5.52 Å². The van der Waals surface area contributed by atoms with Crippen molar-refractivity contribution < 1.29 is 18.9 Å². The van der Waals surface area contributed by atoms with Crippen LogP contribution in [0.2, 0.25) is 0 Å². The Balaban J connectivity index is 0.000000188. The van der Waals surface area contributed by atoms with Crippen LogP contribution in [0.15, 0.2) is 79.1 Å².